The maximum Gasteiger partial charge on any atom is 0.291 e. The summed E-state index contributed by atoms with van der Waals surface area (Å²) in [7, 11) is 2.96. The van der Waals surface area contributed by atoms with E-state index >= 15 is 0 Å². The number of carbonyl (C=O) groups is 2. The minimum absolute atomic E-state index is 0.111. The Morgan fingerprint density at radius 1 is 1.15 bits per heavy atom. The molecule has 0 aliphatic heterocycles. The molecule has 0 aliphatic carbocycles. The highest BCUT2D eigenvalue weighted by Crippen LogP contribution is 2.33. The van der Waals surface area contributed by atoms with Gasteiger partial charge in [-0.1, -0.05) is 6.92 Å². The van der Waals surface area contributed by atoms with Crippen molar-refractivity contribution >= 4 is 17.5 Å². The van der Waals surface area contributed by atoms with Gasteiger partial charge in [-0.3, -0.25) is 9.59 Å². The molecule has 0 spiro atoms. The number of nitrogens with one attached hydrogen (secondary N) is 3. The van der Waals surface area contributed by atoms with E-state index in [-0.39, 0.29) is 23.3 Å². The summed E-state index contributed by atoms with van der Waals surface area (Å²) in [6.07, 6.45) is 1.40. The number of amides is 2. The molecular formula is C19H25N3O5. The number of benzene rings is 1. The Balaban J connectivity index is 2.29. The topological polar surface area (TPSA) is 102 Å². The number of hydrogen-bond donors (Lipinski definition) is 3. The largest absolute Gasteiger partial charge is 0.493 e. The van der Waals surface area contributed by atoms with Gasteiger partial charge in [0.1, 0.15) is 0 Å². The minimum Gasteiger partial charge on any atom is -0.493 e. The van der Waals surface area contributed by atoms with Crippen molar-refractivity contribution in [2.75, 3.05) is 32.6 Å². The lowest BCUT2D eigenvalue weighted by Crippen LogP contribution is -2.39. The first-order valence-electron chi connectivity index (χ1n) is 8.62. The third kappa shape index (κ3) is 5.24. The zero-order valence-corrected chi connectivity index (χ0v) is 15.9. The molecule has 2 aromatic rings. The Hall–Kier alpha value is -3.00. The Morgan fingerprint density at radius 2 is 1.85 bits per heavy atom. The van der Waals surface area contributed by atoms with E-state index in [1.165, 1.54) is 32.6 Å². The molecule has 1 aromatic heterocycles. The predicted molar refractivity (Wildman–Crippen MR) is 102 cm³/mol. The van der Waals surface area contributed by atoms with E-state index in [4.69, 9.17) is 13.9 Å². The number of methoxy groups -OCH3 is 2. The van der Waals surface area contributed by atoms with Gasteiger partial charge >= 0.3 is 0 Å². The van der Waals surface area contributed by atoms with Crippen molar-refractivity contribution in [1.29, 1.82) is 0 Å². The summed E-state index contributed by atoms with van der Waals surface area (Å²) < 4.78 is 15.6. The number of furan rings is 1. The van der Waals surface area contributed by atoms with Gasteiger partial charge in [-0.2, -0.15) is 0 Å². The van der Waals surface area contributed by atoms with Crippen LogP contribution in [0.15, 0.2) is 34.9 Å². The van der Waals surface area contributed by atoms with Crippen LogP contribution in [0.4, 0.5) is 5.69 Å². The Morgan fingerprint density at radius 3 is 2.44 bits per heavy atom. The Kier molecular flexibility index (Phi) is 7.25. The average Bonchev–Trinajstić information content (AvgIpc) is 3.20. The second-order valence-electron chi connectivity index (χ2n) is 5.85. The maximum atomic E-state index is 12.7. The summed E-state index contributed by atoms with van der Waals surface area (Å²) in [4.78, 5) is 25.0. The van der Waals surface area contributed by atoms with Crippen molar-refractivity contribution in [1.82, 2.24) is 10.6 Å². The van der Waals surface area contributed by atoms with Crippen LogP contribution in [0.3, 0.4) is 0 Å². The van der Waals surface area contributed by atoms with E-state index in [0.717, 1.165) is 6.54 Å². The summed E-state index contributed by atoms with van der Waals surface area (Å²) >= 11 is 0. The van der Waals surface area contributed by atoms with Crippen LogP contribution in [0, 0.1) is 0 Å². The fourth-order valence-electron chi connectivity index (χ4n) is 2.52. The zero-order valence-electron chi connectivity index (χ0n) is 15.9. The summed E-state index contributed by atoms with van der Waals surface area (Å²) in [6.45, 7) is 5.21. The van der Waals surface area contributed by atoms with Gasteiger partial charge in [0.2, 0.25) is 0 Å². The molecule has 2 rings (SSSR count). The lowest BCUT2D eigenvalue weighted by molar-refractivity contribution is 0.0950. The highest BCUT2D eigenvalue weighted by Gasteiger charge is 2.20. The normalized spacial score (nSPS) is 11.6. The van der Waals surface area contributed by atoms with Crippen LogP contribution >= 0.6 is 0 Å². The van der Waals surface area contributed by atoms with E-state index in [0.29, 0.717) is 23.7 Å². The fraction of sp³-hybridized carbons (Fsp3) is 0.368. The zero-order chi connectivity index (χ0) is 19.8. The first kappa shape index (κ1) is 20.3. The van der Waals surface area contributed by atoms with E-state index in [1.54, 1.807) is 12.1 Å². The van der Waals surface area contributed by atoms with Crippen LogP contribution in [0.1, 0.15) is 34.8 Å². The lowest BCUT2D eigenvalue weighted by atomic mass is 10.1. The molecule has 0 fully saturated rings. The van der Waals surface area contributed by atoms with Crippen molar-refractivity contribution < 1.29 is 23.5 Å². The van der Waals surface area contributed by atoms with Crippen molar-refractivity contribution in [3.05, 3.63) is 41.9 Å². The van der Waals surface area contributed by atoms with Gasteiger partial charge in [0.25, 0.3) is 11.8 Å². The number of carbonyl (C=O) groups excluding carboxylic acids is 2. The van der Waals surface area contributed by atoms with E-state index in [2.05, 4.69) is 16.0 Å². The SMILES string of the molecule is CCN[C@H](C)CNC(=O)c1cc(OC)c(OC)cc1NC(=O)c1ccco1. The molecule has 1 aromatic carbocycles. The van der Waals surface area contributed by atoms with Gasteiger partial charge in [-0.05, 0) is 31.7 Å². The number of ether oxygens (including phenoxy) is 2. The molecule has 0 unspecified atom stereocenters. The third-order valence-corrected chi connectivity index (χ3v) is 3.88. The van der Waals surface area contributed by atoms with E-state index in [9.17, 15) is 9.59 Å². The molecule has 8 nitrogen and oxygen atoms in total. The molecule has 8 heteroatoms. The minimum atomic E-state index is -0.470. The van der Waals surface area contributed by atoms with Gasteiger partial charge in [0.05, 0.1) is 31.7 Å². The van der Waals surface area contributed by atoms with Gasteiger partial charge in [-0.15, -0.1) is 0 Å². The monoisotopic (exact) mass is 375 g/mol. The Bertz CT molecular complexity index is 774. The molecule has 1 atom stereocenters. The first-order chi connectivity index (χ1) is 13.0. The molecule has 1 heterocycles. The van der Waals surface area contributed by atoms with Crippen molar-refractivity contribution in [3.8, 4) is 11.5 Å². The second kappa shape index (κ2) is 9.63. The maximum absolute atomic E-state index is 12.7. The number of anilines is 1. The van der Waals surface area contributed by atoms with Crippen LogP contribution in [-0.2, 0) is 0 Å². The van der Waals surface area contributed by atoms with Crippen molar-refractivity contribution in [2.24, 2.45) is 0 Å². The molecular weight excluding hydrogens is 350 g/mol. The predicted octanol–water partition coefficient (Wildman–Crippen LogP) is 2.28. The molecule has 0 saturated heterocycles. The third-order valence-electron chi connectivity index (χ3n) is 3.88. The Labute approximate surface area is 158 Å². The first-order valence-corrected chi connectivity index (χ1v) is 8.62. The van der Waals surface area contributed by atoms with Crippen LogP contribution in [0.25, 0.3) is 0 Å². The lowest BCUT2D eigenvalue weighted by Gasteiger charge is -2.17. The molecule has 27 heavy (non-hydrogen) atoms. The standard InChI is InChI=1S/C19H25N3O5/c1-5-20-12(2)11-21-18(23)13-9-16(25-3)17(26-4)10-14(13)22-19(24)15-7-6-8-27-15/h6-10,12,20H,5,11H2,1-4H3,(H,21,23)(H,22,24)/t12-/m1/s1. The van der Waals surface area contributed by atoms with Gasteiger partial charge < -0.3 is 29.8 Å². The number of hydrogen-bond acceptors (Lipinski definition) is 6. The summed E-state index contributed by atoms with van der Waals surface area (Å²) in [5.74, 6) is 0.109. The summed E-state index contributed by atoms with van der Waals surface area (Å²) in [5.41, 5.74) is 0.555. The van der Waals surface area contributed by atoms with E-state index in [1.807, 2.05) is 13.8 Å². The van der Waals surface area contributed by atoms with Crippen LogP contribution in [0.2, 0.25) is 0 Å². The highest BCUT2D eigenvalue weighted by atomic mass is 16.5. The summed E-state index contributed by atoms with van der Waals surface area (Å²) in [6, 6.07) is 6.33. The molecule has 0 bridgehead atoms. The van der Waals surface area contributed by atoms with Crippen LogP contribution in [-0.4, -0.2) is 45.2 Å². The van der Waals surface area contributed by atoms with Crippen molar-refractivity contribution in [3.63, 3.8) is 0 Å². The van der Waals surface area contributed by atoms with Gasteiger partial charge in [0, 0.05) is 18.7 Å². The quantitative estimate of drug-likeness (QED) is 0.621. The molecule has 0 aliphatic rings. The molecule has 0 radical (unpaired) electrons. The van der Waals surface area contributed by atoms with E-state index < -0.39 is 5.91 Å². The smallest absolute Gasteiger partial charge is 0.291 e. The number of rotatable bonds is 9. The number of likely N-dealkylation sites (N-methyl/N-ethyl adjacent to an activating group) is 1. The molecule has 2 amide bonds. The van der Waals surface area contributed by atoms with Gasteiger partial charge in [-0.25, -0.2) is 0 Å². The fourth-order valence-corrected chi connectivity index (χ4v) is 2.52. The molecule has 146 valence electrons. The molecule has 3 N–H and O–H groups in total. The van der Waals surface area contributed by atoms with Crippen LogP contribution < -0.4 is 25.4 Å². The highest BCUT2D eigenvalue weighted by molar-refractivity contribution is 6.08. The van der Waals surface area contributed by atoms with Gasteiger partial charge in [0.15, 0.2) is 17.3 Å². The summed E-state index contributed by atoms with van der Waals surface area (Å²) in [5, 5.41) is 8.75. The van der Waals surface area contributed by atoms with Crippen molar-refractivity contribution in [2.45, 2.75) is 19.9 Å². The second-order valence-corrected chi connectivity index (χ2v) is 5.85. The molecule has 0 saturated carbocycles. The van der Waals surface area contributed by atoms with Crippen LogP contribution in [0.5, 0.6) is 11.5 Å². The average molecular weight is 375 g/mol.